The second kappa shape index (κ2) is 5.62. The van der Waals surface area contributed by atoms with Gasteiger partial charge in [-0.25, -0.2) is 4.98 Å². The molecular formula is C16H13F2N3O2S. The number of rotatable bonds is 3. The second-order valence-electron chi connectivity index (χ2n) is 5.44. The SMILES string of the molecule is Cc1cccnc1CSc1nc2cc3c(cc2[nH]1)OC(F)(F)CO3. The summed E-state index contributed by atoms with van der Waals surface area (Å²) in [5.74, 6) is 0.952. The van der Waals surface area contributed by atoms with Crippen LogP contribution < -0.4 is 9.47 Å². The third-order valence-electron chi connectivity index (χ3n) is 3.64. The number of imidazole rings is 1. The van der Waals surface area contributed by atoms with Crippen molar-refractivity contribution in [1.29, 1.82) is 0 Å². The molecule has 0 radical (unpaired) electrons. The first-order valence-corrected chi connectivity index (χ1v) is 8.25. The molecule has 0 bridgehead atoms. The van der Waals surface area contributed by atoms with Crippen LogP contribution in [0.1, 0.15) is 11.3 Å². The zero-order valence-electron chi connectivity index (χ0n) is 12.7. The lowest BCUT2D eigenvalue weighted by Crippen LogP contribution is -2.35. The number of aromatic amines is 1. The number of thioether (sulfide) groups is 1. The molecule has 0 atom stereocenters. The minimum Gasteiger partial charge on any atom is -0.479 e. The van der Waals surface area contributed by atoms with Crippen LogP contribution in [0.3, 0.4) is 0 Å². The average Bonchev–Trinajstić information content (AvgIpc) is 2.93. The lowest BCUT2D eigenvalue weighted by molar-refractivity contribution is -0.208. The van der Waals surface area contributed by atoms with Gasteiger partial charge < -0.3 is 14.5 Å². The van der Waals surface area contributed by atoms with Crippen LogP contribution in [-0.2, 0) is 5.75 Å². The topological polar surface area (TPSA) is 60.0 Å². The van der Waals surface area contributed by atoms with Gasteiger partial charge in [-0.1, -0.05) is 17.8 Å². The van der Waals surface area contributed by atoms with E-state index < -0.39 is 12.7 Å². The van der Waals surface area contributed by atoms with Crippen LogP contribution in [-0.4, -0.2) is 27.7 Å². The Balaban J connectivity index is 1.59. The summed E-state index contributed by atoms with van der Waals surface area (Å²) in [5, 5.41) is 0.684. The van der Waals surface area contributed by atoms with Gasteiger partial charge in [0.25, 0.3) is 0 Å². The molecule has 3 heterocycles. The third kappa shape index (κ3) is 2.89. The Morgan fingerprint density at radius 3 is 3.04 bits per heavy atom. The number of pyridine rings is 1. The van der Waals surface area contributed by atoms with E-state index in [4.69, 9.17) is 4.74 Å². The summed E-state index contributed by atoms with van der Waals surface area (Å²) in [6.07, 6.45) is -1.56. The lowest BCUT2D eigenvalue weighted by Gasteiger charge is -2.25. The molecule has 124 valence electrons. The van der Waals surface area contributed by atoms with Crippen molar-refractivity contribution in [2.75, 3.05) is 6.61 Å². The highest BCUT2D eigenvalue weighted by Gasteiger charge is 2.38. The summed E-state index contributed by atoms with van der Waals surface area (Å²) in [4.78, 5) is 11.9. The summed E-state index contributed by atoms with van der Waals surface area (Å²) >= 11 is 1.50. The Morgan fingerprint density at radius 2 is 2.21 bits per heavy atom. The van der Waals surface area contributed by atoms with Gasteiger partial charge in [0.15, 0.2) is 23.3 Å². The highest BCUT2D eigenvalue weighted by atomic mass is 32.2. The molecule has 1 N–H and O–H groups in total. The molecule has 0 amide bonds. The highest BCUT2D eigenvalue weighted by Crippen LogP contribution is 2.39. The number of ether oxygens (including phenoxy) is 2. The summed E-state index contributed by atoms with van der Waals surface area (Å²) in [6.45, 7) is 1.21. The molecule has 3 aromatic rings. The Labute approximate surface area is 140 Å². The molecule has 5 nitrogen and oxygen atoms in total. The van der Waals surface area contributed by atoms with E-state index in [1.807, 2.05) is 19.1 Å². The smallest absolute Gasteiger partial charge is 0.433 e. The van der Waals surface area contributed by atoms with Crippen molar-refractivity contribution in [3.8, 4) is 11.5 Å². The number of aryl methyl sites for hydroxylation is 1. The maximum atomic E-state index is 13.3. The van der Waals surface area contributed by atoms with Gasteiger partial charge in [-0.2, -0.15) is 8.78 Å². The van der Waals surface area contributed by atoms with Crippen LogP contribution in [0.4, 0.5) is 8.78 Å². The molecule has 1 aliphatic rings. The molecule has 1 aliphatic heterocycles. The van der Waals surface area contributed by atoms with Gasteiger partial charge in [-0.15, -0.1) is 0 Å². The number of fused-ring (bicyclic) bond motifs is 2. The maximum Gasteiger partial charge on any atom is 0.433 e. The van der Waals surface area contributed by atoms with Gasteiger partial charge >= 0.3 is 6.11 Å². The first kappa shape index (κ1) is 15.2. The van der Waals surface area contributed by atoms with Crippen LogP contribution in [0.25, 0.3) is 11.0 Å². The van der Waals surface area contributed by atoms with Crippen molar-refractivity contribution in [2.45, 2.75) is 23.9 Å². The van der Waals surface area contributed by atoms with Gasteiger partial charge in [0.05, 0.1) is 16.7 Å². The first-order valence-electron chi connectivity index (χ1n) is 7.27. The fourth-order valence-electron chi connectivity index (χ4n) is 2.41. The molecule has 4 rings (SSSR count). The van der Waals surface area contributed by atoms with E-state index in [-0.39, 0.29) is 11.5 Å². The Kier molecular flexibility index (Phi) is 3.56. The normalized spacial score (nSPS) is 15.6. The standard InChI is InChI=1S/C16H13F2N3O2S/c1-9-3-2-4-19-12(9)7-24-15-20-10-5-13-14(6-11(10)21-15)23-16(17,18)8-22-13/h2-6H,7-8H2,1H3,(H,20,21). The van der Waals surface area contributed by atoms with E-state index in [0.717, 1.165) is 11.3 Å². The molecular weight excluding hydrogens is 336 g/mol. The number of nitrogens with zero attached hydrogens (tertiary/aromatic N) is 2. The molecule has 0 unspecified atom stereocenters. The predicted molar refractivity (Wildman–Crippen MR) is 85.7 cm³/mol. The van der Waals surface area contributed by atoms with Crippen molar-refractivity contribution in [1.82, 2.24) is 15.0 Å². The Morgan fingerprint density at radius 1 is 1.33 bits per heavy atom. The number of halogens is 2. The number of hydrogen-bond donors (Lipinski definition) is 1. The van der Waals surface area contributed by atoms with Crippen LogP contribution in [0.2, 0.25) is 0 Å². The Bertz CT molecular complexity index is 913. The van der Waals surface area contributed by atoms with E-state index in [9.17, 15) is 8.78 Å². The molecule has 0 fully saturated rings. The number of aromatic nitrogens is 3. The van der Waals surface area contributed by atoms with Crippen molar-refractivity contribution in [2.24, 2.45) is 0 Å². The van der Waals surface area contributed by atoms with Gasteiger partial charge in [0.2, 0.25) is 0 Å². The number of hydrogen-bond acceptors (Lipinski definition) is 5. The molecule has 8 heteroatoms. The number of benzene rings is 1. The zero-order valence-corrected chi connectivity index (χ0v) is 13.5. The quantitative estimate of drug-likeness (QED) is 0.726. The molecule has 0 aliphatic carbocycles. The van der Waals surface area contributed by atoms with Gasteiger partial charge in [-0.05, 0) is 18.6 Å². The number of nitrogens with one attached hydrogen (secondary N) is 1. The fraction of sp³-hybridized carbons (Fsp3) is 0.250. The van der Waals surface area contributed by atoms with Gasteiger partial charge in [0.1, 0.15) is 0 Å². The monoisotopic (exact) mass is 349 g/mol. The van der Waals surface area contributed by atoms with Crippen molar-refractivity contribution in [3.05, 3.63) is 41.7 Å². The minimum absolute atomic E-state index is 0.0134. The molecule has 24 heavy (non-hydrogen) atoms. The van der Waals surface area contributed by atoms with E-state index in [0.29, 0.717) is 21.9 Å². The average molecular weight is 349 g/mol. The summed E-state index contributed by atoms with van der Waals surface area (Å²) in [6, 6.07) is 6.99. The summed E-state index contributed by atoms with van der Waals surface area (Å²) in [5.41, 5.74) is 3.35. The zero-order chi connectivity index (χ0) is 16.7. The fourth-order valence-corrected chi connectivity index (χ4v) is 3.33. The van der Waals surface area contributed by atoms with Crippen molar-refractivity contribution < 1.29 is 18.3 Å². The number of H-pyrrole nitrogens is 1. The lowest BCUT2D eigenvalue weighted by atomic mass is 10.2. The number of alkyl halides is 2. The van der Waals surface area contributed by atoms with E-state index in [1.54, 1.807) is 12.3 Å². The highest BCUT2D eigenvalue weighted by molar-refractivity contribution is 7.98. The van der Waals surface area contributed by atoms with Crippen LogP contribution in [0.5, 0.6) is 11.5 Å². The van der Waals surface area contributed by atoms with E-state index >= 15 is 0 Å². The summed E-state index contributed by atoms with van der Waals surface area (Å²) < 4.78 is 36.2. The molecule has 0 saturated heterocycles. The van der Waals surface area contributed by atoms with Gasteiger partial charge in [0, 0.05) is 24.1 Å². The predicted octanol–water partition coefficient (Wildman–Crippen LogP) is 3.92. The summed E-state index contributed by atoms with van der Waals surface area (Å²) in [7, 11) is 0. The molecule has 0 spiro atoms. The van der Waals surface area contributed by atoms with E-state index in [2.05, 4.69) is 19.7 Å². The van der Waals surface area contributed by atoms with Crippen LogP contribution in [0, 0.1) is 6.92 Å². The van der Waals surface area contributed by atoms with E-state index in [1.165, 1.54) is 17.8 Å². The second-order valence-corrected chi connectivity index (χ2v) is 6.41. The largest absolute Gasteiger partial charge is 0.479 e. The van der Waals surface area contributed by atoms with Crippen molar-refractivity contribution in [3.63, 3.8) is 0 Å². The molecule has 1 aromatic carbocycles. The molecule has 2 aromatic heterocycles. The Hall–Kier alpha value is -2.35. The first-order chi connectivity index (χ1) is 11.5. The van der Waals surface area contributed by atoms with Crippen LogP contribution in [0.15, 0.2) is 35.6 Å². The molecule has 0 saturated carbocycles. The van der Waals surface area contributed by atoms with Crippen molar-refractivity contribution >= 4 is 22.8 Å². The van der Waals surface area contributed by atoms with Crippen LogP contribution >= 0.6 is 11.8 Å². The van der Waals surface area contributed by atoms with Gasteiger partial charge in [-0.3, -0.25) is 4.98 Å². The maximum absolute atomic E-state index is 13.3. The minimum atomic E-state index is -3.31. The third-order valence-corrected chi connectivity index (χ3v) is 4.53.